The molecule has 0 heterocycles. The molecular formula is C11H10F4O2. The molecule has 0 unspecified atom stereocenters. The van der Waals surface area contributed by atoms with Crippen LogP contribution in [0, 0.1) is 29.2 Å². The molecule has 0 aliphatic rings. The van der Waals surface area contributed by atoms with Gasteiger partial charge in [-0.3, -0.25) is 4.79 Å². The summed E-state index contributed by atoms with van der Waals surface area (Å²) in [5, 5.41) is 0. The second-order valence-corrected chi connectivity index (χ2v) is 3.87. The van der Waals surface area contributed by atoms with Crippen LogP contribution in [-0.2, 0) is 4.79 Å². The van der Waals surface area contributed by atoms with E-state index in [1.54, 1.807) is 13.8 Å². The number of ether oxygens (including phenoxy) is 1. The first-order valence-electron chi connectivity index (χ1n) is 4.86. The average Bonchev–Trinajstić information content (AvgIpc) is 2.20. The van der Waals surface area contributed by atoms with Gasteiger partial charge in [-0.05, 0) is 5.92 Å². The first-order valence-corrected chi connectivity index (χ1v) is 4.86. The molecule has 0 spiro atoms. The van der Waals surface area contributed by atoms with Crippen molar-refractivity contribution in [3.05, 3.63) is 29.3 Å². The Labute approximate surface area is 95.2 Å². The Morgan fingerprint density at radius 1 is 1.18 bits per heavy atom. The maximum atomic E-state index is 13.1. The summed E-state index contributed by atoms with van der Waals surface area (Å²) >= 11 is 0. The monoisotopic (exact) mass is 250 g/mol. The number of hydrogen-bond acceptors (Lipinski definition) is 2. The van der Waals surface area contributed by atoms with Gasteiger partial charge in [-0.2, -0.15) is 8.78 Å². The van der Waals surface area contributed by atoms with Crippen molar-refractivity contribution in [2.24, 2.45) is 5.92 Å². The summed E-state index contributed by atoms with van der Waals surface area (Å²) in [6.07, 6.45) is -0.114. The van der Waals surface area contributed by atoms with E-state index < -0.39 is 35.0 Å². The predicted octanol–water partition coefficient (Wildman–Crippen LogP) is 3.19. The molecule has 6 heteroatoms. The number of rotatable bonds is 3. The fourth-order valence-corrected chi connectivity index (χ4v) is 1.13. The second kappa shape index (κ2) is 5.16. The van der Waals surface area contributed by atoms with Crippen molar-refractivity contribution in [2.45, 2.75) is 20.3 Å². The van der Waals surface area contributed by atoms with E-state index in [-0.39, 0.29) is 18.4 Å². The zero-order valence-corrected chi connectivity index (χ0v) is 9.19. The van der Waals surface area contributed by atoms with E-state index in [1.807, 2.05) is 0 Å². The van der Waals surface area contributed by atoms with Crippen molar-refractivity contribution < 1.29 is 27.1 Å². The van der Waals surface area contributed by atoms with Crippen LogP contribution in [0.4, 0.5) is 17.6 Å². The van der Waals surface area contributed by atoms with Crippen molar-refractivity contribution >= 4 is 5.97 Å². The molecule has 0 saturated carbocycles. The molecule has 0 N–H and O–H groups in total. The molecule has 0 bridgehead atoms. The molecular weight excluding hydrogens is 240 g/mol. The molecule has 17 heavy (non-hydrogen) atoms. The van der Waals surface area contributed by atoms with Crippen molar-refractivity contribution in [1.29, 1.82) is 0 Å². The Bertz CT molecular complexity index is 417. The van der Waals surface area contributed by atoms with Gasteiger partial charge in [0.2, 0.25) is 17.4 Å². The summed E-state index contributed by atoms with van der Waals surface area (Å²) in [6.45, 7) is 3.36. The third kappa shape index (κ3) is 3.18. The second-order valence-electron chi connectivity index (χ2n) is 3.87. The first-order chi connectivity index (χ1) is 7.82. The van der Waals surface area contributed by atoms with Crippen LogP contribution in [0.25, 0.3) is 0 Å². The molecule has 0 aliphatic carbocycles. The Morgan fingerprint density at radius 3 is 2.06 bits per heavy atom. The molecule has 0 aliphatic heterocycles. The van der Waals surface area contributed by atoms with Gasteiger partial charge in [0.05, 0.1) is 0 Å². The SMILES string of the molecule is CC(C)CC(=O)Oc1c(F)c(F)cc(F)c1F. The lowest BCUT2D eigenvalue weighted by Gasteiger charge is -2.08. The molecule has 0 saturated heterocycles. The van der Waals surface area contributed by atoms with Crippen LogP contribution in [-0.4, -0.2) is 5.97 Å². The van der Waals surface area contributed by atoms with Gasteiger partial charge < -0.3 is 4.74 Å². The van der Waals surface area contributed by atoms with Crippen molar-refractivity contribution in [1.82, 2.24) is 0 Å². The number of esters is 1. The zero-order chi connectivity index (χ0) is 13.2. The topological polar surface area (TPSA) is 26.3 Å². The first kappa shape index (κ1) is 13.5. The minimum absolute atomic E-state index is 0.0461. The van der Waals surface area contributed by atoms with E-state index in [9.17, 15) is 22.4 Å². The highest BCUT2D eigenvalue weighted by Gasteiger charge is 2.23. The summed E-state index contributed by atoms with van der Waals surface area (Å²) in [5.41, 5.74) is 0. The van der Waals surface area contributed by atoms with Gasteiger partial charge in [-0.15, -0.1) is 0 Å². The van der Waals surface area contributed by atoms with Crippen LogP contribution in [0.15, 0.2) is 6.07 Å². The maximum Gasteiger partial charge on any atom is 0.311 e. The Kier molecular flexibility index (Phi) is 4.09. The smallest absolute Gasteiger partial charge is 0.311 e. The Hall–Kier alpha value is -1.59. The van der Waals surface area contributed by atoms with Crippen LogP contribution in [0.1, 0.15) is 20.3 Å². The van der Waals surface area contributed by atoms with Gasteiger partial charge in [-0.1, -0.05) is 13.8 Å². The van der Waals surface area contributed by atoms with Crippen LogP contribution in [0.3, 0.4) is 0 Å². The number of hydrogen-bond donors (Lipinski definition) is 0. The van der Waals surface area contributed by atoms with E-state index in [1.165, 1.54) is 0 Å². The lowest BCUT2D eigenvalue weighted by atomic mass is 10.1. The number of benzene rings is 1. The highest BCUT2D eigenvalue weighted by molar-refractivity contribution is 5.72. The fraction of sp³-hybridized carbons (Fsp3) is 0.364. The maximum absolute atomic E-state index is 13.1. The van der Waals surface area contributed by atoms with Gasteiger partial charge in [0.25, 0.3) is 0 Å². The molecule has 0 fully saturated rings. The van der Waals surface area contributed by atoms with Crippen molar-refractivity contribution in [2.75, 3.05) is 0 Å². The minimum atomic E-state index is -1.72. The quantitative estimate of drug-likeness (QED) is 0.356. The summed E-state index contributed by atoms with van der Waals surface area (Å²) in [5.74, 6) is -9.07. The molecule has 0 radical (unpaired) electrons. The van der Waals surface area contributed by atoms with E-state index in [4.69, 9.17) is 0 Å². The lowest BCUT2D eigenvalue weighted by Crippen LogP contribution is -2.14. The molecule has 0 atom stereocenters. The largest absolute Gasteiger partial charge is 0.420 e. The van der Waals surface area contributed by atoms with E-state index in [2.05, 4.69) is 4.74 Å². The molecule has 0 amide bonds. The predicted molar refractivity (Wildman–Crippen MR) is 51.4 cm³/mol. The molecule has 2 nitrogen and oxygen atoms in total. The fourth-order valence-electron chi connectivity index (χ4n) is 1.13. The van der Waals surface area contributed by atoms with E-state index >= 15 is 0 Å². The highest BCUT2D eigenvalue weighted by atomic mass is 19.2. The van der Waals surface area contributed by atoms with Crippen LogP contribution < -0.4 is 4.74 Å². The molecule has 0 aromatic heterocycles. The Balaban J connectivity index is 3.02. The van der Waals surface area contributed by atoms with Gasteiger partial charge in [0.15, 0.2) is 11.6 Å². The van der Waals surface area contributed by atoms with Crippen LogP contribution >= 0.6 is 0 Å². The molecule has 1 aromatic rings. The molecule has 1 aromatic carbocycles. The standard InChI is InChI=1S/C11H10F4O2/c1-5(2)3-8(16)17-11-9(14)6(12)4-7(13)10(11)15/h4-5H,3H2,1-2H3. The third-order valence-electron chi connectivity index (χ3n) is 1.86. The number of carbonyl (C=O) groups is 1. The van der Waals surface area contributed by atoms with E-state index in [0.29, 0.717) is 0 Å². The lowest BCUT2D eigenvalue weighted by molar-refractivity contribution is -0.135. The normalized spacial score (nSPS) is 10.8. The van der Waals surface area contributed by atoms with Gasteiger partial charge >= 0.3 is 5.97 Å². The summed E-state index contributed by atoms with van der Waals surface area (Å²) in [7, 11) is 0. The van der Waals surface area contributed by atoms with Gasteiger partial charge in [0, 0.05) is 12.5 Å². The zero-order valence-electron chi connectivity index (χ0n) is 9.19. The van der Waals surface area contributed by atoms with Crippen molar-refractivity contribution in [3.63, 3.8) is 0 Å². The highest BCUT2D eigenvalue weighted by Crippen LogP contribution is 2.26. The molecule has 1 rings (SSSR count). The third-order valence-corrected chi connectivity index (χ3v) is 1.86. The van der Waals surface area contributed by atoms with Crippen LogP contribution in [0.2, 0.25) is 0 Å². The van der Waals surface area contributed by atoms with Crippen molar-refractivity contribution in [3.8, 4) is 5.75 Å². The summed E-state index contributed by atoms with van der Waals surface area (Å²) in [6, 6.07) is 0.0461. The van der Waals surface area contributed by atoms with Crippen LogP contribution in [0.5, 0.6) is 5.75 Å². The summed E-state index contributed by atoms with van der Waals surface area (Å²) in [4.78, 5) is 11.1. The molecule has 94 valence electrons. The minimum Gasteiger partial charge on any atom is -0.420 e. The average molecular weight is 250 g/mol. The number of halogens is 4. The van der Waals surface area contributed by atoms with E-state index in [0.717, 1.165) is 0 Å². The van der Waals surface area contributed by atoms with Gasteiger partial charge in [-0.25, -0.2) is 8.78 Å². The Morgan fingerprint density at radius 2 is 1.65 bits per heavy atom. The van der Waals surface area contributed by atoms with Gasteiger partial charge in [0.1, 0.15) is 0 Å². The summed E-state index contributed by atoms with van der Waals surface area (Å²) < 4.78 is 56.0. The number of carbonyl (C=O) groups excluding carboxylic acids is 1.